The fourth-order valence-corrected chi connectivity index (χ4v) is 3.84. The molecular formula is C17H27N3O3S. The summed E-state index contributed by atoms with van der Waals surface area (Å²) < 4.78 is 33.2. The van der Waals surface area contributed by atoms with E-state index in [1.54, 1.807) is 11.4 Å². The summed E-state index contributed by atoms with van der Waals surface area (Å²) in [7, 11) is -1.71. The van der Waals surface area contributed by atoms with Gasteiger partial charge in [0.25, 0.3) is 10.2 Å². The highest BCUT2D eigenvalue weighted by Crippen LogP contribution is 2.22. The highest BCUT2D eigenvalue weighted by molar-refractivity contribution is 7.86. The number of benzene rings is 1. The summed E-state index contributed by atoms with van der Waals surface area (Å²) in [6.07, 6.45) is 0. The zero-order valence-corrected chi connectivity index (χ0v) is 15.6. The van der Waals surface area contributed by atoms with Gasteiger partial charge in [-0.3, -0.25) is 0 Å². The van der Waals surface area contributed by atoms with Crippen LogP contribution in [-0.2, 0) is 10.2 Å². The standard InChI is InChI=1S/C17H27N3O3S/c1-5-18(4)24(21,22)20-12-10-19(11-13-20)16-6-8-17(9-7-16)23-14-15(2)3/h6-9H,2,5,10-14H2,1,3-4H3. The summed E-state index contributed by atoms with van der Waals surface area (Å²) in [4.78, 5) is 2.19. The second-order valence-corrected chi connectivity index (χ2v) is 8.08. The molecule has 1 aliphatic heterocycles. The predicted octanol–water partition coefficient (Wildman–Crippen LogP) is 1.96. The molecule has 0 unspecified atom stereocenters. The number of hydrogen-bond donors (Lipinski definition) is 0. The van der Waals surface area contributed by atoms with Crippen molar-refractivity contribution in [1.29, 1.82) is 0 Å². The summed E-state index contributed by atoms with van der Waals surface area (Å²) in [5.41, 5.74) is 2.06. The second-order valence-electron chi connectivity index (χ2n) is 6.05. The molecule has 0 bridgehead atoms. The van der Waals surface area contributed by atoms with Crippen LogP contribution in [0.5, 0.6) is 5.75 Å². The molecule has 24 heavy (non-hydrogen) atoms. The molecule has 0 aromatic heterocycles. The quantitative estimate of drug-likeness (QED) is 0.703. The molecule has 0 N–H and O–H groups in total. The minimum absolute atomic E-state index is 0.480. The molecule has 1 aromatic carbocycles. The van der Waals surface area contributed by atoms with E-state index in [9.17, 15) is 8.42 Å². The Morgan fingerprint density at radius 3 is 2.29 bits per heavy atom. The Labute approximate surface area is 145 Å². The number of anilines is 1. The van der Waals surface area contributed by atoms with Crippen molar-refractivity contribution in [2.24, 2.45) is 0 Å². The second kappa shape index (κ2) is 8.00. The molecule has 7 heteroatoms. The Bertz CT molecular complexity index is 650. The number of piperazine rings is 1. The zero-order chi connectivity index (χ0) is 17.7. The number of nitrogens with zero attached hydrogens (tertiary/aromatic N) is 3. The van der Waals surface area contributed by atoms with Gasteiger partial charge in [-0.05, 0) is 36.8 Å². The van der Waals surface area contributed by atoms with E-state index in [0.717, 1.165) is 17.0 Å². The Hall–Kier alpha value is -1.57. The molecule has 2 rings (SSSR count). The van der Waals surface area contributed by atoms with Gasteiger partial charge in [0.05, 0.1) is 0 Å². The van der Waals surface area contributed by atoms with Crippen LogP contribution in [0.15, 0.2) is 36.4 Å². The molecule has 0 radical (unpaired) electrons. The minimum atomic E-state index is -3.33. The maximum absolute atomic E-state index is 12.3. The van der Waals surface area contributed by atoms with Crippen LogP contribution in [0, 0.1) is 0 Å². The lowest BCUT2D eigenvalue weighted by molar-refractivity contribution is 0.346. The number of rotatable bonds is 7. The van der Waals surface area contributed by atoms with E-state index in [1.807, 2.05) is 38.1 Å². The fourth-order valence-electron chi connectivity index (χ4n) is 2.50. The minimum Gasteiger partial charge on any atom is -0.489 e. The van der Waals surface area contributed by atoms with Crippen molar-refractivity contribution in [3.05, 3.63) is 36.4 Å². The van der Waals surface area contributed by atoms with Gasteiger partial charge in [-0.15, -0.1) is 0 Å². The Kier molecular flexibility index (Phi) is 6.26. The summed E-state index contributed by atoms with van der Waals surface area (Å²) in [6, 6.07) is 7.89. The summed E-state index contributed by atoms with van der Waals surface area (Å²) in [6.45, 7) is 10.9. The first-order valence-electron chi connectivity index (χ1n) is 8.18. The van der Waals surface area contributed by atoms with Crippen molar-refractivity contribution in [2.75, 3.05) is 51.3 Å². The molecule has 1 aliphatic rings. The van der Waals surface area contributed by atoms with E-state index in [-0.39, 0.29) is 0 Å². The van der Waals surface area contributed by atoms with Gasteiger partial charge < -0.3 is 9.64 Å². The van der Waals surface area contributed by atoms with Crippen LogP contribution in [0.1, 0.15) is 13.8 Å². The molecule has 1 aromatic rings. The summed E-state index contributed by atoms with van der Waals surface area (Å²) >= 11 is 0. The maximum Gasteiger partial charge on any atom is 0.281 e. The predicted molar refractivity (Wildman–Crippen MR) is 97.8 cm³/mol. The fraction of sp³-hybridized carbons (Fsp3) is 0.529. The zero-order valence-electron chi connectivity index (χ0n) is 14.7. The van der Waals surface area contributed by atoms with Crippen LogP contribution >= 0.6 is 0 Å². The van der Waals surface area contributed by atoms with Gasteiger partial charge in [0.15, 0.2) is 0 Å². The Morgan fingerprint density at radius 2 is 1.79 bits per heavy atom. The van der Waals surface area contributed by atoms with E-state index in [1.165, 1.54) is 4.31 Å². The van der Waals surface area contributed by atoms with Gasteiger partial charge in [0, 0.05) is 45.5 Å². The first-order valence-corrected chi connectivity index (χ1v) is 9.58. The van der Waals surface area contributed by atoms with E-state index in [2.05, 4.69) is 11.5 Å². The Balaban J connectivity index is 1.94. The van der Waals surface area contributed by atoms with Crippen LogP contribution in [0.2, 0.25) is 0 Å². The maximum atomic E-state index is 12.3. The molecule has 0 aliphatic carbocycles. The SMILES string of the molecule is C=C(C)COc1ccc(N2CCN(S(=O)(=O)N(C)CC)CC2)cc1. The summed E-state index contributed by atoms with van der Waals surface area (Å²) in [5, 5.41) is 0. The van der Waals surface area contributed by atoms with Crippen molar-refractivity contribution in [2.45, 2.75) is 13.8 Å². The molecule has 0 amide bonds. The third-order valence-electron chi connectivity index (χ3n) is 4.09. The van der Waals surface area contributed by atoms with E-state index < -0.39 is 10.2 Å². The van der Waals surface area contributed by atoms with Gasteiger partial charge >= 0.3 is 0 Å². The molecular weight excluding hydrogens is 326 g/mol. The highest BCUT2D eigenvalue weighted by atomic mass is 32.2. The van der Waals surface area contributed by atoms with Crippen LogP contribution in [0.25, 0.3) is 0 Å². The average Bonchev–Trinajstić information content (AvgIpc) is 2.59. The van der Waals surface area contributed by atoms with Crippen molar-refractivity contribution in [3.8, 4) is 5.75 Å². The first kappa shape index (κ1) is 18.8. The number of ether oxygens (including phenoxy) is 1. The van der Waals surface area contributed by atoms with Crippen molar-refractivity contribution in [1.82, 2.24) is 8.61 Å². The van der Waals surface area contributed by atoms with E-state index >= 15 is 0 Å². The molecule has 1 fully saturated rings. The Morgan fingerprint density at radius 1 is 1.21 bits per heavy atom. The topological polar surface area (TPSA) is 53.1 Å². The van der Waals surface area contributed by atoms with Gasteiger partial charge in [-0.25, -0.2) is 0 Å². The highest BCUT2D eigenvalue weighted by Gasteiger charge is 2.29. The first-order chi connectivity index (χ1) is 11.3. The van der Waals surface area contributed by atoms with Crippen molar-refractivity contribution >= 4 is 15.9 Å². The molecule has 0 spiro atoms. The molecule has 134 valence electrons. The van der Waals surface area contributed by atoms with E-state index in [0.29, 0.717) is 39.3 Å². The molecule has 0 saturated carbocycles. The van der Waals surface area contributed by atoms with Gasteiger partial charge in [0.1, 0.15) is 12.4 Å². The van der Waals surface area contributed by atoms with Crippen LogP contribution in [0.3, 0.4) is 0 Å². The lowest BCUT2D eigenvalue weighted by Gasteiger charge is -2.36. The molecule has 1 saturated heterocycles. The monoisotopic (exact) mass is 353 g/mol. The largest absolute Gasteiger partial charge is 0.489 e. The lowest BCUT2D eigenvalue weighted by Crippen LogP contribution is -2.52. The molecule has 0 atom stereocenters. The van der Waals surface area contributed by atoms with E-state index in [4.69, 9.17) is 4.74 Å². The van der Waals surface area contributed by atoms with Crippen molar-refractivity contribution in [3.63, 3.8) is 0 Å². The molecule has 1 heterocycles. The molecule has 6 nitrogen and oxygen atoms in total. The van der Waals surface area contributed by atoms with Crippen LogP contribution in [-0.4, -0.2) is 63.4 Å². The lowest BCUT2D eigenvalue weighted by atomic mass is 10.2. The van der Waals surface area contributed by atoms with Gasteiger partial charge in [-0.2, -0.15) is 17.0 Å². The smallest absolute Gasteiger partial charge is 0.281 e. The van der Waals surface area contributed by atoms with Gasteiger partial charge in [-0.1, -0.05) is 13.5 Å². The normalized spacial score (nSPS) is 16.4. The number of hydrogen-bond acceptors (Lipinski definition) is 4. The van der Waals surface area contributed by atoms with Crippen molar-refractivity contribution < 1.29 is 13.2 Å². The average molecular weight is 353 g/mol. The third-order valence-corrected chi connectivity index (χ3v) is 6.15. The van der Waals surface area contributed by atoms with Crippen LogP contribution in [0.4, 0.5) is 5.69 Å². The third kappa shape index (κ3) is 4.49. The van der Waals surface area contributed by atoms with Crippen LogP contribution < -0.4 is 9.64 Å². The summed E-state index contributed by atoms with van der Waals surface area (Å²) in [5.74, 6) is 0.813. The van der Waals surface area contributed by atoms with Gasteiger partial charge in [0.2, 0.25) is 0 Å².